The van der Waals surface area contributed by atoms with Crippen LogP contribution in [0.15, 0.2) is 83.5 Å². The molecule has 0 radical (unpaired) electrons. The molecule has 7 heteroatoms. The quantitative estimate of drug-likeness (QED) is 0.397. The summed E-state index contributed by atoms with van der Waals surface area (Å²) in [6.45, 7) is 0. The second-order valence-corrected chi connectivity index (χ2v) is 6.82. The van der Waals surface area contributed by atoms with Crippen LogP contribution in [0.4, 0.5) is 16.2 Å². The predicted molar refractivity (Wildman–Crippen MR) is 118 cm³/mol. The number of benzene rings is 3. The zero-order chi connectivity index (χ0) is 20.9. The fraction of sp³-hybridized carbons (Fsp3) is 0.0435. The molecule has 0 saturated carbocycles. The molecule has 0 bridgehead atoms. The topological polar surface area (TPSA) is 76.4 Å². The largest absolute Gasteiger partial charge is 0.495 e. The molecule has 0 fully saturated rings. The number of hydrogen-bond acceptors (Lipinski definition) is 4. The van der Waals surface area contributed by atoms with E-state index in [4.69, 9.17) is 20.8 Å². The summed E-state index contributed by atoms with van der Waals surface area (Å²) < 4.78 is 10.7. The van der Waals surface area contributed by atoms with Gasteiger partial charge in [-0.1, -0.05) is 41.9 Å². The van der Waals surface area contributed by atoms with E-state index in [2.05, 4.69) is 15.6 Å². The molecule has 6 nitrogen and oxygen atoms in total. The summed E-state index contributed by atoms with van der Waals surface area (Å²) in [5, 5.41) is 5.92. The molecule has 0 atom stereocenters. The van der Waals surface area contributed by atoms with Crippen molar-refractivity contribution in [2.75, 3.05) is 17.7 Å². The molecule has 0 spiro atoms. The molecule has 4 rings (SSSR count). The summed E-state index contributed by atoms with van der Waals surface area (Å²) in [5.41, 5.74) is 3.75. The number of oxazole rings is 1. The van der Waals surface area contributed by atoms with Crippen LogP contribution in [-0.4, -0.2) is 18.1 Å². The molecular weight excluding hydrogens is 402 g/mol. The number of carbonyl (C=O) groups excluding carboxylic acids is 1. The van der Waals surface area contributed by atoms with E-state index in [-0.39, 0.29) is 6.03 Å². The lowest BCUT2D eigenvalue weighted by Gasteiger charge is -2.09. The summed E-state index contributed by atoms with van der Waals surface area (Å²) in [5.74, 6) is 1.05. The molecule has 0 unspecified atom stereocenters. The third-order valence-corrected chi connectivity index (χ3v) is 4.67. The summed E-state index contributed by atoms with van der Waals surface area (Å²) >= 11 is 6.08. The van der Waals surface area contributed by atoms with E-state index in [0.29, 0.717) is 28.0 Å². The first-order valence-electron chi connectivity index (χ1n) is 9.15. The lowest BCUT2D eigenvalue weighted by atomic mass is 10.2. The predicted octanol–water partition coefficient (Wildman–Crippen LogP) is 6.31. The Morgan fingerprint density at radius 1 is 0.933 bits per heavy atom. The van der Waals surface area contributed by atoms with Gasteiger partial charge in [0.15, 0.2) is 0 Å². The highest BCUT2D eigenvalue weighted by molar-refractivity contribution is 6.32. The number of rotatable bonds is 5. The molecule has 2 amide bonds. The molecule has 150 valence electrons. The molecule has 0 aliphatic heterocycles. The normalized spacial score (nSPS) is 10.5. The Balaban J connectivity index is 1.41. The fourth-order valence-corrected chi connectivity index (χ4v) is 3.14. The van der Waals surface area contributed by atoms with E-state index in [9.17, 15) is 4.79 Å². The minimum atomic E-state index is -0.383. The number of anilines is 2. The highest BCUT2D eigenvalue weighted by atomic mass is 35.5. The SMILES string of the molecule is COc1ccc(NC(=O)Nc2ccc(-c3nc(-c4ccccc4)co3)cc2)cc1Cl. The van der Waals surface area contributed by atoms with Crippen LogP contribution in [0.3, 0.4) is 0 Å². The number of methoxy groups -OCH3 is 1. The Bertz CT molecular complexity index is 1160. The average molecular weight is 420 g/mol. The number of carbonyl (C=O) groups is 1. The van der Waals surface area contributed by atoms with Crippen LogP contribution in [0.25, 0.3) is 22.7 Å². The van der Waals surface area contributed by atoms with Gasteiger partial charge >= 0.3 is 6.03 Å². The Morgan fingerprint density at radius 2 is 1.63 bits per heavy atom. The summed E-state index contributed by atoms with van der Waals surface area (Å²) in [7, 11) is 1.53. The van der Waals surface area contributed by atoms with Crippen molar-refractivity contribution in [3.8, 4) is 28.5 Å². The Labute approximate surface area is 178 Å². The smallest absolute Gasteiger partial charge is 0.323 e. The van der Waals surface area contributed by atoms with Gasteiger partial charge in [0.1, 0.15) is 17.7 Å². The second-order valence-electron chi connectivity index (χ2n) is 6.41. The van der Waals surface area contributed by atoms with Crippen LogP contribution in [0.1, 0.15) is 0 Å². The van der Waals surface area contributed by atoms with Gasteiger partial charge in [0.2, 0.25) is 5.89 Å². The van der Waals surface area contributed by atoms with Gasteiger partial charge in [-0.25, -0.2) is 9.78 Å². The van der Waals surface area contributed by atoms with Crippen LogP contribution in [-0.2, 0) is 0 Å². The summed E-state index contributed by atoms with van der Waals surface area (Å²) in [6, 6.07) is 21.7. The van der Waals surface area contributed by atoms with Crippen molar-refractivity contribution in [2.45, 2.75) is 0 Å². The van der Waals surface area contributed by atoms with Crippen LogP contribution >= 0.6 is 11.6 Å². The maximum absolute atomic E-state index is 12.2. The number of nitrogens with one attached hydrogen (secondary N) is 2. The maximum Gasteiger partial charge on any atom is 0.323 e. The van der Waals surface area contributed by atoms with E-state index in [1.165, 1.54) is 7.11 Å². The number of aromatic nitrogens is 1. The molecule has 1 heterocycles. The van der Waals surface area contributed by atoms with Crippen LogP contribution < -0.4 is 15.4 Å². The molecule has 30 heavy (non-hydrogen) atoms. The Morgan fingerprint density at radius 3 is 2.33 bits per heavy atom. The molecule has 0 saturated heterocycles. The second kappa shape index (κ2) is 8.71. The molecule has 1 aromatic heterocycles. The number of amides is 2. The van der Waals surface area contributed by atoms with Gasteiger partial charge in [-0.15, -0.1) is 0 Å². The van der Waals surface area contributed by atoms with Crippen molar-refractivity contribution in [3.05, 3.63) is 84.1 Å². The zero-order valence-electron chi connectivity index (χ0n) is 16.1. The van der Waals surface area contributed by atoms with Crippen molar-refractivity contribution in [1.82, 2.24) is 4.98 Å². The molecule has 3 aromatic carbocycles. The number of urea groups is 1. The molecule has 2 N–H and O–H groups in total. The number of nitrogens with zero attached hydrogens (tertiary/aromatic N) is 1. The highest BCUT2D eigenvalue weighted by Crippen LogP contribution is 2.28. The Hall–Kier alpha value is -3.77. The fourth-order valence-electron chi connectivity index (χ4n) is 2.88. The Kier molecular flexibility index (Phi) is 5.68. The molecule has 0 aliphatic carbocycles. The van der Waals surface area contributed by atoms with Gasteiger partial charge < -0.3 is 19.8 Å². The van der Waals surface area contributed by atoms with Gasteiger partial charge in [0.25, 0.3) is 0 Å². The van der Waals surface area contributed by atoms with Gasteiger partial charge in [-0.05, 0) is 42.5 Å². The van der Waals surface area contributed by atoms with E-state index in [1.54, 1.807) is 36.6 Å². The van der Waals surface area contributed by atoms with E-state index < -0.39 is 0 Å². The number of hydrogen-bond donors (Lipinski definition) is 2. The highest BCUT2D eigenvalue weighted by Gasteiger charge is 2.10. The first-order valence-corrected chi connectivity index (χ1v) is 9.53. The van der Waals surface area contributed by atoms with E-state index in [0.717, 1.165) is 16.8 Å². The lowest BCUT2D eigenvalue weighted by molar-refractivity contribution is 0.262. The third kappa shape index (κ3) is 4.45. The van der Waals surface area contributed by atoms with Gasteiger partial charge in [-0.3, -0.25) is 0 Å². The van der Waals surface area contributed by atoms with E-state index in [1.807, 2.05) is 42.5 Å². The van der Waals surface area contributed by atoms with Crippen molar-refractivity contribution in [2.24, 2.45) is 0 Å². The lowest BCUT2D eigenvalue weighted by Crippen LogP contribution is -2.19. The average Bonchev–Trinajstić information content (AvgIpc) is 3.25. The van der Waals surface area contributed by atoms with Crippen molar-refractivity contribution in [3.63, 3.8) is 0 Å². The minimum absolute atomic E-state index is 0.383. The first kappa shape index (κ1) is 19.5. The van der Waals surface area contributed by atoms with Crippen LogP contribution in [0.5, 0.6) is 5.75 Å². The first-order chi connectivity index (χ1) is 14.6. The number of ether oxygens (including phenoxy) is 1. The van der Waals surface area contributed by atoms with Gasteiger partial charge in [-0.2, -0.15) is 0 Å². The molecular formula is C23H18ClN3O3. The zero-order valence-corrected chi connectivity index (χ0v) is 16.8. The number of halogens is 1. The maximum atomic E-state index is 12.2. The minimum Gasteiger partial charge on any atom is -0.495 e. The third-order valence-electron chi connectivity index (χ3n) is 4.37. The summed E-state index contributed by atoms with van der Waals surface area (Å²) in [4.78, 5) is 16.8. The standard InChI is InChI=1S/C23H18ClN3O3/c1-29-21-12-11-18(13-19(21)24)26-23(28)25-17-9-7-16(8-10-17)22-27-20(14-30-22)15-5-3-2-4-6-15/h2-14H,1H3,(H2,25,26,28). The van der Waals surface area contributed by atoms with Crippen LogP contribution in [0.2, 0.25) is 5.02 Å². The summed E-state index contributed by atoms with van der Waals surface area (Å²) in [6.07, 6.45) is 1.63. The molecule has 0 aliphatic rings. The van der Waals surface area contributed by atoms with Crippen LogP contribution in [0, 0.1) is 0 Å². The molecule has 4 aromatic rings. The van der Waals surface area contributed by atoms with Crippen molar-refractivity contribution < 1.29 is 13.9 Å². The van der Waals surface area contributed by atoms with E-state index >= 15 is 0 Å². The van der Waals surface area contributed by atoms with Crippen molar-refractivity contribution >= 4 is 29.0 Å². The van der Waals surface area contributed by atoms with Gasteiger partial charge in [0.05, 0.1) is 12.1 Å². The van der Waals surface area contributed by atoms with Gasteiger partial charge in [0, 0.05) is 22.5 Å². The van der Waals surface area contributed by atoms with Crippen molar-refractivity contribution in [1.29, 1.82) is 0 Å². The monoisotopic (exact) mass is 419 g/mol.